The molecule has 1 aliphatic rings. The van der Waals surface area contributed by atoms with Crippen LogP contribution in [-0.2, 0) is 14.3 Å². The fourth-order valence-corrected chi connectivity index (χ4v) is 2.14. The first-order valence-corrected chi connectivity index (χ1v) is 9.51. The molecule has 1 atom stereocenters. The summed E-state index contributed by atoms with van der Waals surface area (Å²) < 4.78 is 9.82. The Kier molecular flexibility index (Phi) is 5.19. The molecule has 0 fully saturated rings. The minimum absolute atomic E-state index is 0.305. The molecule has 0 radical (unpaired) electrons. The molecule has 0 saturated heterocycles. The number of esters is 1. The van der Waals surface area contributed by atoms with Gasteiger partial charge in [0.25, 0.3) is 6.26 Å². The maximum Gasteiger partial charge on any atom is 0.365 e. The lowest BCUT2D eigenvalue weighted by molar-refractivity contribution is -0.144. The zero-order valence-corrected chi connectivity index (χ0v) is 12.0. The molecule has 0 aromatic heterocycles. The van der Waals surface area contributed by atoms with E-state index in [0.29, 0.717) is 13.3 Å². The van der Waals surface area contributed by atoms with Crippen molar-refractivity contribution in [2.75, 3.05) is 13.3 Å². The summed E-state index contributed by atoms with van der Waals surface area (Å²) in [7, 11) is -1.10. The number of carbonyl (C=O) groups excluding carboxylic acids is 1. The first kappa shape index (κ1) is 14.5. The summed E-state index contributed by atoms with van der Waals surface area (Å²) in [5.41, 5.74) is 0. The largest absolute Gasteiger partial charge is 0.365 e. The number of carbonyl (C=O) groups is 1. The third kappa shape index (κ3) is 4.77. The molecule has 1 aliphatic heterocycles. The van der Waals surface area contributed by atoms with Gasteiger partial charge in [-0.3, -0.25) is 0 Å². The van der Waals surface area contributed by atoms with Gasteiger partial charge in [0.1, 0.15) is 6.73 Å². The smallest absolute Gasteiger partial charge is 0.361 e. The van der Waals surface area contributed by atoms with Crippen LogP contribution in [-0.4, -0.2) is 38.4 Å². The molecule has 7 heteroatoms. The highest BCUT2D eigenvalue weighted by Crippen LogP contribution is 2.10. The second-order valence-electron chi connectivity index (χ2n) is 5.26. The molecular formula is C11H19N3O3Si. The number of nitrogens with zero attached hydrogens (tertiary/aromatic N) is 2. The maximum absolute atomic E-state index is 11.4. The number of nitrogens with one attached hydrogen (secondary N) is 1. The lowest BCUT2D eigenvalue weighted by atomic mass is 10.5. The average Bonchev–Trinajstić information content (AvgIpc) is 2.71. The molecule has 0 bridgehead atoms. The van der Waals surface area contributed by atoms with Gasteiger partial charge in [-0.15, -0.1) is 5.26 Å². The van der Waals surface area contributed by atoms with Crippen molar-refractivity contribution in [3.05, 3.63) is 12.4 Å². The van der Waals surface area contributed by atoms with Gasteiger partial charge in [0.15, 0.2) is 0 Å². The van der Waals surface area contributed by atoms with Gasteiger partial charge in [-0.2, -0.15) is 0 Å². The Hall–Kier alpha value is -1.52. The lowest BCUT2D eigenvalue weighted by Gasteiger charge is -2.23. The van der Waals surface area contributed by atoms with Crippen LogP contribution in [0.3, 0.4) is 0 Å². The van der Waals surface area contributed by atoms with E-state index in [1.165, 1.54) is 6.26 Å². The highest BCUT2D eigenvalue weighted by Gasteiger charge is 2.28. The van der Waals surface area contributed by atoms with E-state index in [0.717, 1.165) is 6.04 Å². The van der Waals surface area contributed by atoms with E-state index in [2.05, 4.69) is 29.7 Å². The van der Waals surface area contributed by atoms with Crippen molar-refractivity contribution in [3.63, 3.8) is 0 Å². The topological polar surface area (TPSA) is 74.6 Å². The Balaban J connectivity index is 2.31. The number of nitriles is 1. The molecule has 0 aromatic rings. The summed E-state index contributed by atoms with van der Waals surface area (Å²) >= 11 is 0. The summed E-state index contributed by atoms with van der Waals surface area (Å²) in [4.78, 5) is 13.1. The normalized spacial score (nSPS) is 18.3. The van der Waals surface area contributed by atoms with Crippen LogP contribution in [0.5, 0.6) is 0 Å². The predicted octanol–water partition coefficient (Wildman–Crippen LogP) is 1.03. The molecule has 0 spiro atoms. The number of ether oxygens (including phenoxy) is 2. The quantitative estimate of drug-likeness (QED) is 0.336. The van der Waals surface area contributed by atoms with E-state index >= 15 is 0 Å². The van der Waals surface area contributed by atoms with Crippen LogP contribution < -0.4 is 5.32 Å². The summed E-state index contributed by atoms with van der Waals surface area (Å²) in [5, 5.41) is 11.1. The SMILES string of the molecule is C[Si](C)(C)CCOCN1C=CNC1C(=O)OC#N. The van der Waals surface area contributed by atoms with Crippen LogP contribution >= 0.6 is 0 Å². The molecule has 6 nitrogen and oxygen atoms in total. The summed E-state index contributed by atoms with van der Waals surface area (Å²) in [6.45, 7) is 7.82. The Labute approximate surface area is 108 Å². The fourth-order valence-electron chi connectivity index (χ4n) is 1.38. The van der Waals surface area contributed by atoms with Crippen LogP contribution in [0.4, 0.5) is 0 Å². The maximum atomic E-state index is 11.4. The third-order valence-electron chi connectivity index (χ3n) is 2.46. The minimum Gasteiger partial charge on any atom is -0.361 e. The fraction of sp³-hybridized carbons (Fsp3) is 0.636. The summed E-state index contributed by atoms with van der Waals surface area (Å²) in [5.74, 6) is -0.628. The van der Waals surface area contributed by atoms with E-state index in [9.17, 15) is 4.79 Å². The molecule has 0 aliphatic carbocycles. The molecule has 1 heterocycles. The minimum atomic E-state index is -1.10. The highest BCUT2D eigenvalue weighted by atomic mass is 28.3. The Morgan fingerprint density at radius 2 is 2.28 bits per heavy atom. The van der Waals surface area contributed by atoms with E-state index in [1.54, 1.807) is 17.3 Å². The molecule has 1 rings (SSSR count). The van der Waals surface area contributed by atoms with Gasteiger partial charge in [-0.25, -0.2) is 4.79 Å². The van der Waals surface area contributed by atoms with Crippen molar-refractivity contribution in [2.45, 2.75) is 31.9 Å². The summed E-state index contributed by atoms with van der Waals surface area (Å²) in [6, 6.07) is 1.07. The lowest BCUT2D eigenvalue weighted by Crippen LogP contribution is -2.44. The van der Waals surface area contributed by atoms with E-state index < -0.39 is 20.2 Å². The van der Waals surface area contributed by atoms with Crippen molar-refractivity contribution in [1.82, 2.24) is 10.2 Å². The standard InChI is InChI=1S/C11H19N3O3Si/c1-18(2,3)7-6-16-9-14-5-4-13-10(14)11(15)17-8-12/h4-5,10,13H,6-7,9H2,1-3H3. The van der Waals surface area contributed by atoms with Crippen LogP contribution in [0.2, 0.25) is 25.7 Å². The van der Waals surface area contributed by atoms with Crippen LogP contribution in [0.1, 0.15) is 0 Å². The van der Waals surface area contributed by atoms with Gasteiger partial charge in [-0.1, -0.05) is 19.6 Å². The molecule has 0 saturated carbocycles. The Morgan fingerprint density at radius 3 is 2.89 bits per heavy atom. The molecule has 1 unspecified atom stereocenters. The third-order valence-corrected chi connectivity index (χ3v) is 4.16. The molecular weight excluding hydrogens is 250 g/mol. The summed E-state index contributed by atoms with van der Waals surface area (Å²) in [6.07, 6.45) is 4.04. The zero-order chi connectivity index (χ0) is 13.6. The highest BCUT2D eigenvalue weighted by molar-refractivity contribution is 6.76. The first-order chi connectivity index (χ1) is 8.44. The van der Waals surface area contributed by atoms with Crippen molar-refractivity contribution in [3.8, 4) is 6.26 Å². The second kappa shape index (κ2) is 6.42. The Morgan fingerprint density at radius 1 is 1.56 bits per heavy atom. The molecule has 0 aromatic carbocycles. The second-order valence-corrected chi connectivity index (χ2v) is 10.9. The monoisotopic (exact) mass is 269 g/mol. The van der Waals surface area contributed by atoms with Crippen molar-refractivity contribution < 1.29 is 14.3 Å². The van der Waals surface area contributed by atoms with Gasteiger partial charge in [-0.05, 0) is 6.04 Å². The first-order valence-electron chi connectivity index (χ1n) is 5.80. The van der Waals surface area contributed by atoms with Gasteiger partial charge in [0.2, 0.25) is 6.17 Å². The van der Waals surface area contributed by atoms with Crippen molar-refractivity contribution in [2.24, 2.45) is 0 Å². The van der Waals surface area contributed by atoms with Gasteiger partial charge >= 0.3 is 5.97 Å². The zero-order valence-electron chi connectivity index (χ0n) is 11.0. The number of hydrogen-bond donors (Lipinski definition) is 1. The van der Waals surface area contributed by atoms with Crippen molar-refractivity contribution >= 4 is 14.0 Å². The van der Waals surface area contributed by atoms with E-state index in [1.807, 2.05) is 0 Å². The van der Waals surface area contributed by atoms with Gasteiger partial charge < -0.3 is 19.7 Å². The van der Waals surface area contributed by atoms with Crippen molar-refractivity contribution in [1.29, 1.82) is 5.26 Å². The Bertz CT molecular complexity index is 360. The van der Waals surface area contributed by atoms with E-state index in [-0.39, 0.29) is 0 Å². The van der Waals surface area contributed by atoms with Crippen LogP contribution in [0.15, 0.2) is 12.4 Å². The van der Waals surface area contributed by atoms with Crippen LogP contribution in [0, 0.1) is 11.5 Å². The number of rotatable bonds is 6. The van der Waals surface area contributed by atoms with E-state index in [4.69, 9.17) is 10.00 Å². The van der Waals surface area contributed by atoms with Crippen LogP contribution in [0.25, 0.3) is 0 Å². The predicted molar refractivity (Wildman–Crippen MR) is 68.6 cm³/mol. The van der Waals surface area contributed by atoms with Gasteiger partial charge in [0, 0.05) is 27.1 Å². The molecule has 100 valence electrons. The molecule has 18 heavy (non-hydrogen) atoms. The number of hydrogen-bond acceptors (Lipinski definition) is 6. The molecule has 0 amide bonds. The molecule has 1 N–H and O–H groups in total. The average molecular weight is 269 g/mol. The van der Waals surface area contributed by atoms with Gasteiger partial charge in [0.05, 0.1) is 0 Å².